The fourth-order valence-corrected chi connectivity index (χ4v) is 3.34. The summed E-state index contributed by atoms with van der Waals surface area (Å²) in [5, 5.41) is 8.46. The van der Waals surface area contributed by atoms with Crippen LogP contribution in [0.5, 0.6) is 0 Å². The smallest absolute Gasteiger partial charge is 0.234 e. The van der Waals surface area contributed by atoms with Crippen molar-refractivity contribution in [1.82, 2.24) is 19.7 Å². The molecule has 8 heteroatoms. The molecule has 2 heterocycles. The van der Waals surface area contributed by atoms with Crippen LogP contribution in [0.4, 0.5) is 5.69 Å². The fraction of sp³-hybridized carbons (Fsp3) is 0.263. The average Bonchev–Trinajstić information content (AvgIpc) is 3.04. The second kappa shape index (κ2) is 8.54. The van der Waals surface area contributed by atoms with Crippen molar-refractivity contribution in [3.05, 3.63) is 52.9 Å². The lowest BCUT2D eigenvalue weighted by Gasteiger charge is -2.08. The standard InChI is InChI=1S/C19H20ClN5OS/c1-4-25-10-15(13(3)24-25)16-7-8-21-19(23-16)27-11-18(26)22-17-9-14(20)6-5-12(17)2/h5-10H,4,11H2,1-3H3,(H,22,26). The van der Waals surface area contributed by atoms with E-state index < -0.39 is 0 Å². The number of hydrogen-bond acceptors (Lipinski definition) is 5. The summed E-state index contributed by atoms with van der Waals surface area (Å²) in [4.78, 5) is 21.1. The molecule has 3 aromatic rings. The maximum absolute atomic E-state index is 12.3. The van der Waals surface area contributed by atoms with Crippen LogP contribution in [0.25, 0.3) is 11.3 Å². The Morgan fingerprint density at radius 3 is 2.85 bits per heavy atom. The van der Waals surface area contributed by atoms with Gasteiger partial charge in [-0.3, -0.25) is 9.48 Å². The molecule has 0 unspecified atom stereocenters. The first kappa shape index (κ1) is 19.4. The molecule has 0 fully saturated rings. The van der Waals surface area contributed by atoms with Gasteiger partial charge in [0.1, 0.15) is 0 Å². The summed E-state index contributed by atoms with van der Waals surface area (Å²) >= 11 is 7.28. The molecule has 0 atom stereocenters. The van der Waals surface area contributed by atoms with Crippen LogP contribution in [0, 0.1) is 13.8 Å². The quantitative estimate of drug-likeness (QED) is 0.490. The minimum absolute atomic E-state index is 0.130. The van der Waals surface area contributed by atoms with E-state index in [0.29, 0.717) is 15.9 Å². The Balaban J connectivity index is 1.67. The van der Waals surface area contributed by atoms with Gasteiger partial charge in [0.25, 0.3) is 0 Å². The van der Waals surface area contributed by atoms with Crippen LogP contribution in [0.1, 0.15) is 18.2 Å². The van der Waals surface area contributed by atoms with Crippen molar-refractivity contribution in [2.75, 3.05) is 11.1 Å². The van der Waals surface area contributed by atoms with Gasteiger partial charge < -0.3 is 5.32 Å². The molecule has 0 aliphatic carbocycles. The summed E-state index contributed by atoms with van der Waals surface area (Å²) < 4.78 is 1.88. The number of nitrogens with one attached hydrogen (secondary N) is 1. The van der Waals surface area contributed by atoms with E-state index in [-0.39, 0.29) is 11.7 Å². The lowest BCUT2D eigenvalue weighted by atomic mass is 10.2. The summed E-state index contributed by atoms with van der Waals surface area (Å²) in [5.74, 6) is 0.0807. The molecule has 0 aliphatic rings. The van der Waals surface area contributed by atoms with Crippen LogP contribution < -0.4 is 5.32 Å². The van der Waals surface area contributed by atoms with Gasteiger partial charge in [-0.1, -0.05) is 29.4 Å². The molecule has 0 bridgehead atoms. The number of carbonyl (C=O) groups is 1. The van der Waals surface area contributed by atoms with Crippen molar-refractivity contribution in [1.29, 1.82) is 0 Å². The molecule has 0 spiro atoms. The zero-order valence-electron chi connectivity index (χ0n) is 15.4. The number of hydrogen-bond donors (Lipinski definition) is 1. The number of aryl methyl sites for hydroxylation is 3. The summed E-state index contributed by atoms with van der Waals surface area (Å²) in [5.41, 5.74) is 4.36. The van der Waals surface area contributed by atoms with Gasteiger partial charge in [-0.05, 0) is 44.5 Å². The topological polar surface area (TPSA) is 72.7 Å². The number of carbonyl (C=O) groups excluding carboxylic acids is 1. The van der Waals surface area contributed by atoms with Gasteiger partial charge in [0, 0.05) is 35.2 Å². The molecule has 27 heavy (non-hydrogen) atoms. The Hall–Kier alpha value is -2.38. The normalized spacial score (nSPS) is 10.8. The summed E-state index contributed by atoms with van der Waals surface area (Å²) in [6, 6.07) is 7.26. The minimum Gasteiger partial charge on any atom is -0.325 e. The molecule has 1 amide bonds. The van der Waals surface area contributed by atoms with Crippen molar-refractivity contribution < 1.29 is 4.79 Å². The summed E-state index contributed by atoms with van der Waals surface area (Å²) in [7, 11) is 0. The SMILES string of the molecule is CCn1cc(-c2ccnc(SCC(=O)Nc3cc(Cl)ccc3C)n2)c(C)n1. The predicted molar refractivity (Wildman–Crippen MR) is 109 cm³/mol. The van der Waals surface area contributed by atoms with Crippen LogP contribution >= 0.6 is 23.4 Å². The number of rotatable bonds is 6. The molecule has 1 N–H and O–H groups in total. The summed E-state index contributed by atoms with van der Waals surface area (Å²) in [6.07, 6.45) is 3.67. The average molecular weight is 402 g/mol. The number of anilines is 1. The maximum Gasteiger partial charge on any atom is 0.234 e. The van der Waals surface area contributed by atoms with Gasteiger partial charge in [-0.25, -0.2) is 9.97 Å². The molecular weight excluding hydrogens is 382 g/mol. The van der Waals surface area contributed by atoms with Crippen molar-refractivity contribution in [3.8, 4) is 11.3 Å². The highest BCUT2D eigenvalue weighted by Crippen LogP contribution is 2.24. The Morgan fingerprint density at radius 1 is 1.30 bits per heavy atom. The van der Waals surface area contributed by atoms with Gasteiger partial charge in [0.2, 0.25) is 5.91 Å². The van der Waals surface area contributed by atoms with E-state index in [2.05, 4.69) is 20.4 Å². The molecule has 0 radical (unpaired) electrons. The predicted octanol–water partition coefficient (Wildman–Crippen LogP) is 4.36. The van der Waals surface area contributed by atoms with Gasteiger partial charge >= 0.3 is 0 Å². The second-order valence-electron chi connectivity index (χ2n) is 6.00. The third kappa shape index (κ3) is 4.87. The molecule has 0 saturated heterocycles. The highest BCUT2D eigenvalue weighted by Gasteiger charge is 2.11. The van der Waals surface area contributed by atoms with E-state index in [4.69, 9.17) is 11.6 Å². The van der Waals surface area contributed by atoms with Gasteiger partial charge in [0.15, 0.2) is 5.16 Å². The van der Waals surface area contributed by atoms with E-state index in [0.717, 1.165) is 29.1 Å². The lowest BCUT2D eigenvalue weighted by molar-refractivity contribution is -0.113. The molecule has 2 aromatic heterocycles. The van der Waals surface area contributed by atoms with Crippen molar-refractivity contribution in [2.45, 2.75) is 32.5 Å². The molecular formula is C19H20ClN5OS. The Bertz CT molecular complexity index is 972. The van der Waals surface area contributed by atoms with E-state index in [1.807, 2.05) is 43.8 Å². The number of thioether (sulfide) groups is 1. The van der Waals surface area contributed by atoms with Crippen molar-refractivity contribution in [2.24, 2.45) is 0 Å². The number of benzene rings is 1. The first-order valence-corrected chi connectivity index (χ1v) is 9.89. The van der Waals surface area contributed by atoms with Crippen LogP contribution in [0.15, 0.2) is 41.8 Å². The van der Waals surface area contributed by atoms with Crippen molar-refractivity contribution >= 4 is 35.0 Å². The van der Waals surface area contributed by atoms with E-state index in [1.54, 1.807) is 18.3 Å². The van der Waals surface area contributed by atoms with Gasteiger partial charge in [-0.15, -0.1) is 0 Å². The molecule has 6 nitrogen and oxygen atoms in total. The van der Waals surface area contributed by atoms with Gasteiger partial charge in [0.05, 0.1) is 17.1 Å². The zero-order chi connectivity index (χ0) is 19.4. The van der Waals surface area contributed by atoms with Crippen LogP contribution in [-0.4, -0.2) is 31.4 Å². The van der Waals surface area contributed by atoms with Crippen LogP contribution in [0.3, 0.4) is 0 Å². The van der Waals surface area contributed by atoms with E-state index >= 15 is 0 Å². The highest BCUT2D eigenvalue weighted by atomic mass is 35.5. The third-order valence-electron chi connectivity index (χ3n) is 3.99. The molecule has 0 aliphatic heterocycles. The minimum atomic E-state index is -0.130. The van der Waals surface area contributed by atoms with E-state index in [9.17, 15) is 4.79 Å². The first-order chi connectivity index (χ1) is 13.0. The molecule has 140 valence electrons. The maximum atomic E-state index is 12.3. The Morgan fingerprint density at radius 2 is 2.11 bits per heavy atom. The molecule has 3 rings (SSSR count). The molecule has 1 aromatic carbocycles. The highest BCUT2D eigenvalue weighted by molar-refractivity contribution is 7.99. The number of aromatic nitrogens is 4. The van der Waals surface area contributed by atoms with Crippen molar-refractivity contribution in [3.63, 3.8) is 0 Å². The van der Waals surface area contributed by atoms with Crippen LogP contribution in [0.2, 0.25) is 5.02 Å². The van der Waals surface area contributed by atoms with Crippen LogP contribution in [-0.2, 0) is 11.3 Å². The van der Waals surface area contributed by atoms with Gasteiger partial charge in [-0.2, -0.15) is 5.10 Å². The lowest BCUT2D eigenvalue weighted by Crippen LogP contribution is -2.15. The summed E-state index contributed by atoms with van der Waals surface area (Å²) in [6.45, 7) is 6.72. The second-order valence-corrected chi connectivity index (χ2v) is 7.38. The molecule has 0 saturated carbocycles. The number of halogens is 1. The fourth-order valence-electron chi connectivity index (χ4n) is 2.54. The van der Waals surface area contributed by atoms with E-state index in [1.165, 1.54) is 11.8 Å². The number of nitrogens with zero attached hydrogens (tertiary/aromatic N) is 4. The first-order valence-electron chi connectivity index (χ1n) is 8.52. The zero-order valence-corrected chi connectivity index (χ0v) is 16.9. The largest absolute Gasteiger partial charge is 0.325 e. The number of amides is 1. The Labute approximate surface area is 167 Å². The third-order valence-corrected chi connectivity index (χ3v) is 5.08. The monoisotopic (exact) mass is 401 g/mol. The Kier molecular flexibility index (Phi) is 6.13.